The molecule has 19 heavy (non-hydrogen) atoms. The molecule has 0 aliphatic heterocycles. The van der Waals surface area contributed by atoms with Crippen LogP contribution in [0.4, 0.5) is 5.69 Å². The fourth-order valence-corrected chi connectivity index (χ4v) is 2.08. The maximum absolute atomic E-state index is 12.0. The van der Waals surface area contributed by atoms with E-state index in [1.54, 1.807) is 30.3 Å². The minimum absolute atomic E-state index is 0.141. The lowest BCUT2D eigenvalue weighted by atomic mass is 10.1. The van der Waals surface area contributed by atoms with E-state index in [1.165, 1.54) is 12.1 Å². The highest BCUT2D eigenvalue weighted by Gasteiger charge is 2.06. The minimum atomic E-state index is -2.30. The molecule has 0 aromatic heterocycles. The molecule has 4 nitrogen and oxygen atoms in total. The molecule has 0 aliphatic carbocycles. The zero-order chi connectivity index (χ0) is 13.8. The van der Waals surface area contributed by atoms with Gasteiger partial charge in [0, 0.05) is 16.1 Å². The third kappa shape index (κ3) is 3.49. The highest BCUT2D eigenvalue weighted by Crippen LogP contribution is 2.14. The van der Waals surface area contributed by atoms with Crippen LogP contribution in [-0.2, 0) is 11.1 Å². The lowest BCUT2D eigenvalue weighted by Crippen LogP contribution is -2.12. The Balaban J connectivity index is 2.19. The molecule has 0 saturated heterocycles. The van der Waals surface area contributed by atoms with Crippen molar-refractivity contribution < 1.29 is 13.6 Å². The maximum atomic E-state index is 12.0. The molecule has 0 bridgehead atoms. The molecule has 0 heterocycles. The predicted octanol–water partition coefficient (Wildman–Crippen LogP) is 2.49. The lowest BCUT2D eigenvalue weighted by Gasteiger charge is -2.09. The molecule has 98 valence electrons. The van der Waals surface area contributed by atoms with E-state index < -0.39 is 11.1 Å². The first kappa shape index (κ1) is 13.5. The van der Waals surface area contributed by atoms with Crippen LogP contribution in [0.2, 0.25) is 0 Å². The van der Waals surface area contributed by atoms with Gasteiger partial charge in [0.15, 0.2) is 0 Å². The molecule has 0 aliphatic rings. The summed E-state index contributed by atoms with van der Waals surface area (Å²) >= 11 is -2.30. The molecule has 1 atom stereocenters. The maximum Gasteiger partial charge on any atom is 0.255 e. The zero-order valence-corrected chi connectivity index (χ0v) is 11.1. The second-order valence-corrected chi connectivity index (χ2v) is 5.03. The number of rotatable bonds is 3. The van der Waals surface area contributed by atoms with Crippen molar-refractivity contribution in [1.29, 1.82) is 0 Å². The number of hydrogen-bond donors (Lipinski definition) is 1. The van der Waals surface area contributed by atoms with Crippen molar-refractivity contribution in [1.82, 2.24) is 0 Å². The van der Waals surface area contributed by atoms with Crippen LogP contribution >= 0.6 is 0 Å². The topological polar surface area (TPSA) is 69.2 Å². The van der Waals surface area contributed by atoms with Crippen LogP contribution in [0.1, 0.15) is 15.9 Å². The predicted molar refractivity (Wildman–Crippen MR) is 72.8 cm³/mol. The van der Waals surface area contributed by atoms with E-state index in [9.17, 15) is 13.6 Å². The molecule has 1 amide bonds. The Morgan fingerprint density at radius 1 is 1.16 bits per heavy atom. The minimum Gasteiger partial charge on any atom is -0.768 e. The summed E-state index contributed by atoms with van der Waals surface area (Å²) in [6.45, 7) is 1.90. The molecule has 0 fully saturated rings. The van der Waals surface area contributed by atoms with E-state index >= 15 is 0 Å². The molecule has 2 aromatic carbocycles. The van der Waals surface area contributed by atoms with E-state index in [0.29, 0.717) is 11.3 Å². The first-order valence-corrected chi connectivity index (χ1v) is 6.71. The Morgan fingerprint density at radius 2 is 1.89 bits per heavy atom. The number of nitrogens with one attached hydrogen (secondary N) is 1. The molecule has 0 radical (unpaired) electrons. The second kappa shape index (κ2) is 5.77. The van der Waals surface area contributed by atoms with Gasteiger partial charge in [0.1, 0.15) is 0 Å². The van der Waals surface area contributed by atoms with E-state index in [2.05, 4.69) is 5.32 Å². The van der Waals surface area contributed by atoms with Gasteiger partial charge in [0.2, 0.25) is 0 Å². The monoisotopic (exact) mass is 274 g/mol. The average Bonchev–Trinajstić information content (AvgIpc) is 2.39. The molecule has 2 rings (SSSR count). The molecular formula is C14H12NO3S-. The van der Waals surface area contributed by atoms with Gasteiger partial charge in [-0.2, -0.15) is 0 Å². The van der Waals surface area contributed by atoms with Crippen molar-refractivity contribution in [2.24, 2.45) is 0 Å². The Hall–Kier alpha value is -1.98. The van der Waals surface area contributed by atoms with Gasteiger partial charge in [-0.15, -0.1) is 0 Å². The Bertz CT molecular complexity index is 640. The van der Waals surface area contributed by atoms with Crippen molar-refractivity contribution in [3.05, 3.63) is 59.7 Å². The first-order valence-electron chi connectivity index (χ1n) is 5.63. The molecule has 1 unspecified atom stereocenters. The number of hydrogen-bond acceptors (Lipinski definition) is 3. The summed E-state index contributed by atoms with van der Waals surface area (Å²) in [7, 11) is 0. The van der Waals surface area contributed by atoms with Crippen LogP contribution in [-0.4, -0.2) is 14.7 Å². The normalized spacial score (nSPS) is 11.9. The molecule has 5 heteroatoms. The third-order valence-corrected chi connectivity index (χ3v) is 3.20. The zero-order valence-electron chi connectivity index (χ0n) is 10.3. The Morgan fingerprint density at radius 3 is 2.58 bits per heavy atom. The number of carbonyl (C=O) groups is 1. The smallest absolute Gasteiger partial charge is 0.255 e. The van der Waals surface area contributed by atoms with Crippen molar-refractivity contribution in [2.75, 3.05) is 5.32 Å². The molecule has 0 spiro atoms. The van der Waals surface area contributed by atoms with Crippen LogP contribution in [0.5, 0.6) is 0 Å². The van der Waals surface area contributed by atoms with Crippen molar-refractivity contribution in [3.63, 3.8) is 0 Å². The van der Waals surface area contributed by atoms with Crippen molar-refractivity contribution in [2.45, 2.75) is 11.8 Å². The number of aryl methyl sites for hydroxylation is 1. The van der Waals surface area contributed by atoms with E-state index in [0.717, 1.165) is 5.56 Å². The summed E-state index contributed by atoms with van der Waals surface area (Å²) in [5.74, 6) is -0.266. The Kier molecular flexibility index (Phi) is 4.09. The van der Waals surface area contributed by atoms with E-state index in [1.807, 2.05) is 13.0 Å². The quantitative estimate of drug-likeness (QED) is 0.874. The molecule has 1 N–H and O–H groups in total. The molecule has 2 aromatic rings. The van der Waals surface area contributed by atoms with Gasteiger partial charge in [-0.05, 0) is 48.3 Å². The van der Waals surface area contributed by atoms with E-state index in [4.69, 9.17) is 0 Å². The highest BCUT2D eigenvalue weighted by atomic mass is 32.2. The summed E-state index contributed by atoms with van der Waals surface area (Å²) in [6.07, 6.45) is 0. The van der Waals surface area contributed by atoms with Crippen LogP contribution in [0.3, 0.4) is 0 Å². The second-order valence-electron chi connectivity index (χ2n) is 4.09. The van der Waals surface area contributed by atoms with E-state index in [-0.39, 0.29) is 10.8 Å². The molecular weight excluding hydrogens is 262 g/mol. The fourth-order valence-electron chi connectivity index (χ4n) is 1.67. The van der Waals surface area contributed by atoms with Gasteiger partial charge >= 0.3 is 0 Å². The van der Waals surface area contributed by atoms with Gasteiger partial charge in [0.05, 0.1) is 0 Å². The fraction of sp³-hybridized carbons (Fsp3) is 0.0714. The van der Waals surface area contributed by atoms with Crippen LogP contribution in [0, 0.1) is 6.92 Å². The standard InChI is InChI=1S/C14H13NO3S/c1-10-4-2-5-11(8-10)14(16)15-12-6-3-7-13(9-12)19(17)18/h2-9H,1H3,(H,15,16)(H,17,18)/p-1. The summed E-state index contributed by atoms with van der Waals surface area (Å²) in [4.78, 5) is 12.1. The summed E-state index contributed by atoms with van der Waals surface area (Å²) in [6, 6.07) is 13.3. The van der Waals surface area contributed by atoms with Gasteiger partial charge < -0.3 is 9.87 Å². The molecule has 0 saturated carbocycles. The van der Waals surface area contributed by atoms with Gasteiger partial charge in [-0.3, -0.25) is 9.00 Å². The lowest BCUT2D eigenvalue weighted by molar-refractivity contribution is 0.102. The number of anilines is 1. The number of benzene rings is 2. The van der Waals surface area contributed by atoms with Gasteiger partial charge in [0.25, 0.3) is 5.91 Å². The Labute approximate surface area is 113 Å². The van der Waals surface area contributed by atoms with Gasteiger partial charge in [-0.25, -0.2) is 0 Å². The summed E-state index contributed by atoms with van der Waals surface area (Å²) < 4.78 is 21.7. The third-order valence-electron chi connectivity index (χ3n) is 2.56. The summed E-state index contributed by atoms with van der Waals surface area (Å²) in [5, 5.41) is 2.67. The van der Waals surface area contributed by atoms with Crippen LogP contribution in [0.25, 0.3) is 0 Å². The largest absolute Gasteiger partial charge is 0.768 e. The highest BCUT2D eigenvalue weighted by molar-refractivity contribution is 7.79. The van der Waals surface area contributed by atoms with Gasteiger partial charge in [-0.1, -0.05) is 23.8 Å². The number of amides is 1. The SMILES string of the molecule is Cc1cccc(C(=O)Nc2cccc(S(=O)[O-])c2)c1. The first-order chi connectivity index (χ1) is 9.06. The van der Waals surface area contributed by atoms with Crippen LogP contribution < -0.4 is 5.32 Å². The summed E-state index contributed by atoms with van der Waals surface area (Å²) in [5.41, 5.74) is 1.98. The average molecular weight is 274 g/mol. The van der Waals surface area contributed by atoms with Crippen molar-refractivity contribution in [3.8, 4) is 0 Å². The number of carbonyl (C=O) groups excluding carboxylic acids is 1. The van der Waals surface area contributed by atoms with Crippen molar-refractivity contribution >= 4 is 22.7 Å². The van der Waals surface area contributed by atoms with Crippen LogP contribution in [0.15, 0.2) is 53.4 Å².